The summed E-state index contributed by atoms with van der Waals surface area (Å²) in [5.41, 5.74) is 2.74. The van der Waals surface area contributed by atoms with Crippen molar-refractivity contribution >= 4 is 44.3 Å². The highest BCUT2D eigenvalue weighted by atomic mass is 32.2. The van der Waals surface area contributed by atoms with Crippen LogP contribution >= 0.6 is 0 Å². The number of aryl methyl sites for hydroxylation is 2. The van der Waals surface area contributed by atoms with Crippen molar-refractivity contribution in [3.05, 3.63) is 64.8 Å². The fourth-order valence-electron chi connectivity index (χ4n) is 4.13. The Labute approximate surface area is 202 Å². The number of benzene rings is 2. The van der Waals surface area contributed by atoms with Gasteiger partial charge in [-0.2, -0.15) is 4.98 Å². The number of sulfonamides is 1. The molecule has 1 aliphatic rings. The third-order valence-corrected chi connectivity index (χ3v) is 7.37. The molecule has 0 saturated carbocycles. The second-order valence-corrected chi connectivity index (χ2v) is 10.3. The molecule has 182 valence electrons. The second kappa shape index (κ2) is 9.06. The summed E-state index contributed by atoms with van der Waals surface area (Å²) in [5, 5.41) is 3.21. The minimum Gasteiger partial charge on any atom is -0.408 e. The Hall–Kier alpha value is -3.86. The fraction of sp³-hybridized carbons (Fsp3) is 0.292. The highest BCUT2D eigenvalue weighted by Crippen LogP contribution is 2.24. The summed E-state index contributed by atoms with van der Waals surface area (Å²) in [6.07, 6.45) is 3.58. The molecule has 1 saturated heterocycles. The molecule has 1 fully saturated rings. The average molecular weight is 495 g/mol. The predicted octanol–water partition coefficient (Wildman–Crippen LogP) is 3.76. The summed E-state index contributed by atoms with van der Waals surface area (Å²) in [6, 6.07) is 13.1. The van der Waals surface area contributed by atoms with E-state index in [-0.39, 0.29) is 4.90 Å². The molecule has 10 nitrogen and oxygen atoms in total. The van der Waals surface area contributed by atoms with Crippen molar-refractivity contribution in [3.8, 4) is 0 Å². The monoisotopic (exact) mass is 494 g/mol. The highest BCUT2D eigenvalue weighted by Gasteiger charge is 2.18. The summed E-state index contributed by atoms with van der Waals surface area (Å²) in [7, 11) is -2.34. The predicted molar refractivity (Wildman–Crippen MR) is 135 cm³/mol. The van der Waals surface area contributed by atoms with Gasteiger partial charge >= 0.3 is 5.76 Å². The number of fused-ring (bicyclic) bond motifs is 1. The van der Waals surface area contributed by atoms with Gasteiger partial charge in [0, 0.05) is 43.3 Å². The molecule has 2 N–H and O–H groups in total. The van der Waals surface area contributed by atoms with Gasteiger partial charge in [-0.25, -0.2) is 18.2 Å². The van der Waals surface area contributed by atoms with Gasteiger partial charge in [0.25, 0.3) is 10.0 Å². The van der Waals surface area contributed by atoms with Gasteiger partial charge in [0.2, 0.25) is 5.95 Å². The lowest BCUT2D eigenvalue weighted by Gasteiger charge is -2.28. The molecule has 0 amide bonds. The smallest absolute Gasteiger partial charge is 0.408 e. The zero-order valence-electron chi connectivity index (χ0n) is 19.5. The Bertz CT molecular complexity index is 1540. The van der Waals surface area contributed by atoms with Gasteiger partial charge in [-0.15, -0.1) is 0 Å². The standard InChI is InChI=1S/C24H26N6O4S/c1-16-14-22(30-12-4-3-5-13-30)27-23(25-16)26-17-6-8-18(9-7-17)28-35(32,33)19-10-11-21-20(15-19)29(2)24(31)34-21/h6-11,14-15,28H,3-5,12-13H2,1-2H3,(H,25,26,27). The number of aromatic nitrogens is 3. The van der Waals surface area contributed by atoms with Crippen LogP contribution in [-0.4, -0.2) is 36.0 Å². The maximum atomic E-state index is 12.9. The van der Waals surface area contributed by atoms with E-state index in [0.717, 1.165) is 43.1 Å². The van der Waals surface area contributed by atoms with Crippen molar-refractivity contribution in [1.29, 1.82) is 0 Å². The van der Waals surface area contributed by atoms with E-state index in [1.807, 2.05) is 13.0 Å². The number of oxazole rings is 1. The van der Waals surface area contributed by atoms with E-state index in [4.69, 9.17) is 4.42 Å². The summed E-state index contributed by atoms with van der Waals surface area (Å²) >= 11 is 0. The van der Waals surface area contributed by atoms with E-state index in [2.05, 4.69) is 24.9 Å². The van der Waals surface area contributed by atoms with Crippen LogP contribution in [0.15, 0.2) is 62.6 Å². The van der Waals surface area contributed by atoms with Crippen LogP contribution in [0.1, 0.15) is 25.0 Å². The fourth-order valence-corrected chi connectivity index (χ4v) is 5.21. The average Bonchev–Trinajstić information content (AvgIpc) is 3.13. The second-order valence-electron chi connectivity index (χ2n) is 8.60. The molecule has 0 aliphatic carbocycles. The summed E-state index contributed by atoms with van der Waals surface area (Å²) in [5.74, 6) is 0.861. The van der Waals surface area contributed by atoms with Crippen LogP contribution in [0.2, 0.25) is 0 Å². The molecule has 0 radical (unpaired) electrons. The number of hydrogen-bond acceptors (Lipinski definition) is 8. The van der Waals surface area contributed by atoms with E-state index in [9.17, 15) is 13.2 Å². The molecule has 11 heteroatoms. The van der Waals surface area contributed by atoms with Crippen molar-refractivity contribution in [2.24, 2.45) is 7.05 Å². The minimum absolute atomic E-state index is 0.0296. The molecule has 5 rings (SSSR count). The summed E-state index contributed by atoms with van der Waals surface area (Å²) < 4.78 is 34.7. The zero-order chi connectivity index (χ0) is 24.6. The van der Waals surface area contributed by atoms with Gasteiger partial charge in [-0.3, -0.25) is 9.29 Å². The number of piperidine rings is 1. The lowest BCUT2D eigenvalue weighted by Crippen LogP contribution is -2.30. The molecule has 35 heavy (non-hydrogen) atoms. The van der Waals surface area contributed by atoms with Crippen LogP contribution in [0.5, 0.6) is 0 Å². The number of nitrogens with zero attached hydrogens (tertiary/aromatic N) is 4. The van der Waals surface area contributed by atoms with Crippen molar-refractivity contribution in [1.82, 2.24) is 14.5 Å². The Morgan fingerprint density at radius 2 is 1.66 bits per heavy atom. The van der Waals surface area contributed by atoms with Gasteiger partial charge < -0.3 is 14.6 Å². The van der Waals surface area contributed by atoms with Gasteiger partial charge in [0.05, 0.1) is 10.4 Å². The molecule has 0 bridgehead atoms. The van der Waals surface area contributed by atoms with Gasteiger partial charge in [-0.1, -0.05) is 0 Å². The maximum absolute atomic E-state index is 12.9. The molecule has 0 atom stereocenters. The van der Waals surface area contributed by atoms with E-state index >= 15 is 0 Å². The molecule has 0 unspecified atom stereocenters. The molecule has 3 heterocycles. The lowest BCUT2D eigenvalue weighted by molar-refractivity contribution is 0.528. The quantitative estimate of drug-likeness (QED) is 0.415. The lowest BCUT2D eigenvalue weighted by atomic mass is 10.1. The molecule has 0 spiro atoms. The van der Waals surface area contributed by atoms with Crippen LogP contribution in [-0.2, 0) is 17.1 Å². The van der Waals surface area contributed by atoms with Gasteiger partial charge in [-0.05, 0) is 68.7 Å². The molecule has 2 aromatic carbocycles. The number of rotatable bonds is 6. The summed E-state index contributed by atoms with van der Waals surface area (Å²) in [6.45, 7) is 3.93. The number of anilines is 4. The Kier molecular flexibility index (Phi) is 5.93. The number of hydrogen-bond donors (Lipinski definition) is 2. The van der Waals surface area contributed by atoms with E-state index in [0.29, 0.717) is 22.7 Å². The van der Waals surface area contributed by atoms with Crippen molar-refractivity contribution < 1.29 is 12.8 Å². The first-order valence-corrected chi connectivity index (χ1v) is 12.9. The molecule has 2 aromatic heterocycles. The Balaban J connectivity index is 1.31. The Morgan fingerprint density at radius 1 is 0.943 bits per heavy atom. The molecular formula is C24H26N6O4S. The van der Waals surface area contributed by atoms with E-state index in [1.165, 1.54) is 36.2 Å². The number of nitrogens with one attached hydrogen (secondary N) is 2. The van der Waals surface area contributed by atoms with Crippen LogP contribution in [0.25, 0.3) is 11.1 Å². The summed E-state index contributed by atoms with van der Waals surface area (Å²) in [4.78, 5) is 23.1. The zero-order valence-corrected chi connectivity index (χ0v) is 20.3. The van der Waals surface area contributed by atoms with Gasteiger partial charge in [0.15, 0.2) is 5.58 Å². The first kappa shape index (κ1) is 22.9. The highest BCUT2D eigenvalue weighted by molar-refractivity contribution is 7.92. The molecule has 1 aliphatic heterocycles. The van der Waals surface area contributed by atoms with Crippen LogP contribution in [0.3, 0.4) is 0 Å². The topological polar surface area (TPSA) is 122 Å². The van der Waals surface area contributed by atoms with E-state index in [1.54, 1.807) is 24.3 Å². The van der Waals surface area contributed by atoms with Crippen molar-refractivity contribution in [2.45, 2.75) is 31.1 Å². The largest absolute Gasteiger partial charge is 0.419 e. The van der Waals surface area contributed by atoms with Crippen LogP contribution in [0, 0.1) is 6.92 Å². The third kappa shape index (κ3) is 4.85. The maximum Gasteiger partial charge on any atom is 0.419 e. The Morgan fingerprint density at radius 3 is 2.40 bits per heavy atom. The minimum atomic E-state index is -3.87. The van der Waals surface area contributed by atoms with Crippen molar-refractivity contribution in [2.75, 3.05) is 28.0 Å². The van der Waals surface area contributed by atoms with Crippen molar-refractivity contribution in [3.63, 3.8) is 0 Å². The third-order valence-electron chi connectivity index (χ3n) is 5.99. The first-order chi connectivity index (χ1) is 16.8. The van der Waals surface area contributed by atoms with Gasteiger partial charge in [0.1, 0.15) is 5.82 Å². The van der Waals surface area contributed by atoms with Crippen LogP contribution < -0.4 is 20.7 Å². The van der Waals surface area contributed by atoms with E-state index < -0.39 is 15.8 Å². The SMILES string of the molecule is Cc1cc(N2CCCCC2)nc(Nc2ccc(NS(=O)(=O)c3ccc4oc(=O)n(C)c4c3)cc2)n1. The van der Waals surface area contributed by atoms with Crippen LogP contribution in [0.4, 0.5) is 23.1 Å². The molecular weight excluding hydrogens is 468 g/mol. The first-order valence-electron chi connectivity index (χ1n) is 11.4. The molecule has 4 aromatic rings. The normalized spacial score (nSPS) is 14.3.